The van der Waals surface area contributed by atoms with Gasteiger partial charge in [-0.15, -0.1) is 0 Å². The standard InChI is InChI=1S/C21H16N4/c1-13-3-6-17(9-14(13)2)20-10-18(19(12-23)21(24)25-20)16-7-4-15(11-22)5-8-16/h3-10H,1-2H3,(H2,24,25). The highest BCUT2D eigenvalue weighted by atomic mass is 14.8. The minimum absolute atomic E-state index is 0.206. The van der Waals surface area contributed by atoms with Crippen molar-refractivity contribution < 1.29 is 0 Å². The molecule has 0 atom stereocenters. The van der Waals surface area contributed by atoms with Crippen molar-refractivity contribution in [3.8, 4) is 34.5 Å². The fourth-order valence-corrected chi connectivity index (χ4v) is 2.68. The first-order chi connectivity index (χ1) is 12.0. The van der Waals surface area contributed by atoms with Gasteiger partial charge in [-0.3, -0.25) is 0 Å². The van der Waals surface area contributed by atoms with Crippen LogP contribution in [0.2, 0.25) is 0 Å². The Morgan fingerprint density at radius 3 is 2.12 bits per heavy atom. The fraction of sp³-hybridized carbons (Fsp3) is 0.0952. The van der Waals surface area contributed by atoms with Crippen molar-refractivity contribution >= 4 is 5.82 Å². The van der Waals surface area contributed by atoms with Crippen LogP contribution < -0.4 is 5.73 Å². The maximum Gasteiger partial charge on any atom is 0.142 e. The number of benzene rings is 2. The van der Waals surface area contributed by atoms with E-state index >= 15 is 0 Å². The van der Waals surface area contributed by atoms with Crippen molar-refractivity contribution in [3.63, 3.8) is 0 Å². The van der Waals surface area contributed by atoms with E-state index < -0.39 is 0 Å². The SMILES string of the molecule is Cc1ccc(-c2cc(-c3ccc(C#N)cc3)c(C#N)c(N)n2)cc1C. The average Bonchev–Trinajstić information content (AvgIpc) is 2.63. The number of pyridine rings is 1. The summed E-state index contributed by atoms with van der Waals surface area (Å²) < 4.78 is 0. The minimum Gasteiger partial charge on any atom is -0.383 e. The number of hydrogen-bond donors (Lipinski definition) is 1. The Morgan fingerprint density at radius 2 is 1.52 bits per heavy atom. The lowest BCUT2D eigenvalue weighted by Gasteiger charge is -2.11. The lowest BCUT2D eigenvalue weighted by Crippen LogP contribution is -2.00. The number of aryl methyl sites for hydroxylation is 2. The molecule has 0 spiro atoms. The maximum absolute atomic E-state index is 9.48. The molecule has 1 heterocycles. The van der Waals surface area contributed by atoms with Crippen LogP contribution in [0.3, 0.4) is 0 Å². The Labute approximate surface area is 146 Å². The van der Waals surface area contributed by atoms with Crippen LogP contribution in [-0.2, 0) is 0 Å². The molecule has 0 aliphatic heterocycles. The van der Waals surface area contributed by atoms with Crippen LogP contribution in [0.25, 0.3) is 22.4 Å². The second-order valence-electron chi connectivity index (χ2n) is 5.92. The van der Waals surface area contributed by atoms with Crippen molar-refractivity contribution in [2.24, 2.45) is 0 Å². The second-order valence-corrected chi connectivity index (χ2v) is 5.92. The van der Waals surface area contributed by atoms with E-state index in [0.717, 1.165) is 16.8 Å². The van der Waals surface area contributed by atoms with Gasteiger partial charge in [-0.1, -0.05) is 24.3 Å². The molecule has 2 aromatic carbocycles. The molecule has 120 valence electrons. The molecule has 0 radical (unpaired) electrons. The van der Waals surface area contributed by atoms with E-state index in [1.165, 1.54) is 11.1 Å². The lowest BCUT2D eigenvalue weighted by molar-refractivity contribution is 1.29. The van der Waals surface area contributed by atoms with Crippen LogP contribution >= 0.6 is 0 Å². The van der Waals surface area contributed by atoms with Gasteiger partial charge in [0.25, 0.3) is 0 Å². The number of nitriles is 2. The Hall–Kier alpha value is -3.63. The number of nitrogen functional groups attached to an aromatic ring is 1. The molecule has 1 aromatic heterocycles. The van der Waals surface area contributed by atoms with Gasteiger partial charge >= 0.3 is 0 Å². The van der Waals surface area contributed by atoms with Crippen LogP contribution in [0.1, 0.15) is 22.3 Å². The molecule has 0 unspecified atom stereocenters. The van der Waals surface area contributed by atoms with Crippen LogP contribution in [0.5, 0.6) is 0 Å². The Morgan fingerprint density at radius 1 is 0.840 bits per heavy atom. The predicted molar refractivity (Wildman–Crippen MR) is 98.4 cm³/mol. The molecule has 4 heteroatoms. The number of nitrogens with zero attached hydrogens (tertiary/aromatic N) is 3. The third-order valence-electron chi connectivity index (χ3n) is 4.29. The largest absolute Gasteiger partial charge is 0.383 e. The first kappa shape index (κ1) is 16.2. The summed E-state index contributed by atoms with van der Waals surface area (Å²) in [6.07, 6.45) is 0. The van der Waals surface area contributed by atoms with E-state index in [4.69, 9.17) is 11.0 Å². The zero-order valence-corrected chi connectivity index (χ0v) is 14.0. The highest BCUT2D eigenvalue weighted by Crippen LogP contribution is 2.31. The van der Waals surface area contributed by atoms with E-state index in [1.807, 2.05) is 37.3 Å². The van der Waals surface area contributed by atoms with E-state index in [-0.39, 0.29) is 5.82 Å². The number of hydrogen-bond acceptors (Lipinski definition) is 4. The molecule has 0 fully saturated rings. The number of nitrogens with two attached hydrogens (primary N) is 1. The third-order valence-corrected chi connectivity index (χ3v) is 4.29. The number of aromatic nitrogens is 1. The van der Waals surface area contributed by atoms with Crippen molar-refractivity contribution in [3.05, 3.63) is 70.8 Å². The molecule has 0 amide bonds. The summed E-state index contributed by atoms with van der Waals surface area (Å²) in [7, 11) is 0. The predicted octanol–water partition coefficient (Wildman–Crippen LogP) is 4.36. The van der Waals surface area contributed by atoms with Gasteiger partial charge < -0.3 is 5.73 Å². The minimum atomic E-state index is 0.206. The summed E-state index contributed by atoms with van der Waals surface area (Å²) in [5, 5.41) is 18.4. The topological polar surface area (TPSA) is 86.5 Å². The Balaban J connectivity index is 2.20. The molecular formula is C21H16N4. The normalized spacial score (nSPS) is 10.1. The summed E-state index contributed by atoms with van der Waals surface area (Å²) in [5.41, 5.74) is 12.6. The molecule has 3 rings (SSSR count). The van der Waals surface area contributed by atoms with E-state index in [2.05, 4.69) is 30.1 Å². The number of rotatable bonds is 2. The molecule has 0 saturated heterocycles. The van der Waals surface area contributed by atoms with Crippen molar-refractivity contribution in [1.29, 1.82) is 10.5 Å². The second kappa shape index (κ2) is 6.47. The highest BCUT2D eigenvalue weighted by molar-refractivity contribution is 5.80. The summed E-state index contributed by atoms with van der Waals surface area (Å²) >= 11 is 0. The third kappa shape index (κ3) is 3.06. The zero-order chi connectivity index (χ0) is 18.0. The summed E-state index contributed by atoms with van der Waals surface area (Å²) in [6, 6.07) is 19.3. The van der Waals surface area contributed by atoms with Gasteiger partial charge in [0.1, 0.15) is 17.5 Å². The van der Waals surface area contributed by atoms with Crippen LogP contribution in [0.15, 0.2) is 48.5 Å². The van der Waals surface area contributed by atoms with Gasteiger partial charge in [0, 0.05) is 11.1 Å². The molecule has 3 aromatic rings. The van der Waals surface area contributed by atoms with Gasteiger partial charge in [-0.25, -0.2) is 4.98 Å². The summed E-state index contributed by atoms with van der Waals surface area (Å²) in [5.74, 6) is 0.206. The summed E-state index contributed by atoms with van der Waals surface area (Å²) in [4.78, 5) is 4.41. The molecule has 25 heavy (non-hydrogen) atoms. The van der Waals surface area contributed by atoms with Gasteiger partial charge in [0.2, 0.25) is 0 Å². The monoisotopic (exact) mass is 324 g/mol. The first-order valence-corrected chi connectivity index (χ1v) is 7.82. The Bertz CT molecular complexity index is 1040. The van der Waals surface area contributed by atoms with E-state index in [1.54, 1.807) is 12.1 Å². The van der Waals surface area contributed by atoms with Crippen molar-refractivity contribution in [1.82, 2.24) is 4.98 Å². The van der Waals surface area contributed by atoms with Crippen LogP contribution in [0, 0.1) is 36.5 Å². The van der Waals surface area contributed by atoms with Crippen molar-refractivity contribution in [2.45, 2.75) is 13.8 Å². The quantitative estimate of drug-likeness (QED) is 0.759. The first-order valence-electron chi connectivity index (χ1n) is 7.82. The van der Waals surface area contributed by atoms with E-state index in [0.29, 0.717) is 16.7 Å². The molecule has 4 nitrogen and oxygen atoms in total. The fourth-order valence-electron chi connectivity index (χ4n) is 2.68. The molecule has 0 bridgehead atoms. The molecule has 2 N–H and O–H groups in total. The van der Waals surface area contributed by atoms with Gasteiger partial charge in [0.15, 0.2) is 0 Å². The average molecular weight is 324 g/mol. The van der Waals surface area contributed by atoms with Crippen molar-refractivity contribution in [2.75, 3.05) is 5.73 Å². The van der Waals surface area contributed by atoms with E-state index in [9.17, 15) is 5.26 Å². The summed E-state index contributed by atoms with van der Waals surface area (Å²) in [6.45, 7) is 4.11. The molecular weight excluding hydrogens is 308 g/mol. The smallest absolute Gasteiger partial charge is 0.142 e. The highest BCUT2D eigenvalue weighted by Gasteiger charge is 2.14. The maximum atomic E-state index is 9.48. The van der Waals surface area contributed by atoms with Gasteiger partial charge in [-0.05, 0) is 54.8 Å². The van der Waals surface area contributed by atoms with Crippen LogP contribution in [-0.4, -0.2) is 4.98 Å². The van der Waals surface area contributed by atoms with Gasteiger partial charge in [0.05, 0.1) is 17.3 Å². The van der Waals surface area contributed by atoms with Crippen LogP contribution in [0.4, 0.5) is 5.82 Å². The molecule has 0 aliphatic rings. The molecule has 0 saturated carbocycles. The van der Waals surface area contributed by atoms with Gasteiger partial charge in [-0.2, -0.15) is 10.5 Å². The molecule has 0 aliphatic carbocycles. The Kier molecular flexibility index (Phi) is 4.20. The zero-order valence-electron chi connectivity index (χ0n) is 14.0. The number of anilines is 1. The lowest BCUT2D eigenvalue weighted by atomic mass is 9.96.